The maximum atomic E-state index is 13.1. The zero-order valence-corrected chi connectivity index (χ0v) is 19.1. The highest BCUT2D eigenvalue weighted by Crippen LogP contribution is 2.46. The van der Waals surface area contributed by atoms with Crippen molar-refractivity contribution in [2.75, 3.05) is 18.0 Å². The number of anilines is 1. The van der Waals surface area contributed by atoms with Crippen molar-refractivity contribution in [2.24, 2.45) is 5.92 Å². The molecule has 1 amide bonds. The minimum Gasteiger partial charge on any atom is -0.489 e. The number of nitrogens with one attached hydrogen (secondary N) is 1. The fourth-order valence-corrected chi connectivity index (χ4v) is 5.43. The fraction of sp³-hybridized carbons (Fsp3) is 0.615. The number of amides is 1. The van der Waals surface area contributed by atoms with Gasteiger partial charge in [0.05, 0.1) is 24.0 Å². The predicted octanol–water partition coefficient (Wildman–Crippen LogP) is 4.48. The standard InChI is InChI=1S/C26H34N4O2/c1-17-5-8-23-24(30(17)26(31)18-6-7-18)10-9-22(25(23)32-21-3-2-4-21)19-15-28-29(16-19)20-11-13-27-14-12-20/h9-10,15-18,20-21,27H,2-8,11-14H2,1H3. The molecular weight excluding hydrogens is 400 g/mol. The van der Waals surface area contributed by atoms with E-state index in [0.29, 0.717) is 18.1 Å². The molecule has 1 atom stereocenters. The summed E-state index contributed by atoms with van der Waals surface area (Å²) in [6.45, 7) is 4.29. The third-order valence-electron chi connectivity index (χ3n) is 7.84. The predicted molar refractivity (Wildman–Crippen MR) is 125 cm³/mol. The number of piperidine rings is 1. The molecule has 6 rings (SSSR count). The summed E-state index contributed by atoms with van der Waals surface area (Å²) in [5, 5.41) is 8.17. The topological polar surface area (TPSA) is 59.4 Å². The van der Waals surface area contributed by atoms with Crippen molar-refractivity contribution in [3.05, 3.63) is 30.1 Å². The number of carbonyl (C=O) groups excluding carboxylic acids is 1. The molecule has 6 heteroatoms. The highest BCUT2D eigenvalue weighted by atomic mass is 16.5. The Bertz CT molecular complexity index is 1000. The molecule has 0 spiro atoms. The molecule has 0 bridgehead atoms. The lowest BCUT2D eigenvalue weighted by Crippen LogP contribution is -2.43. The average molecular weight is 435 g/mol. The first kappa shape index (κ1) is 20.3. The summed E-state index contributed by atoms with van der Waals surface area (Å²) in [5.41, 5.74) is 4.55. The van der Waals surface area contributed by atoms with Gasteiger partial charge >= 0.3 is 0 Å². The molecule has 6 nitrogen and oxygen atoms in total. The molecule has 1 unspecified atom stereocenters. The molecule has 1 aromatic heterocycles. The van der Waals surface area contributed by atoms with E-state index in [2.05, 4.69) is 40.2 Å². The van der Waals surface area contributed by atoms with Crippen LogP contribution in [0.1, 0.15) is 69.9 Å². The number of rotatable bonds is 5. The van der Waals surface area contributed by atoms with Crippen LogP contribution >= 0.6 is 0 Å². The van der Waals surface area contributed by atoms with Crippen molar-refractivity contribution in [1.29, 1.82) is 0 Å². The van der Waals surface area contributed by atoms with E-state index in [1.807, 2.05) is 6.20 Å². The minimum atomic E-state index is 0.224. The van der Waals surface area contributed by atoms with Crippen molar-refractivity contribution >= 4 is 11.6 Å². The second-order valence-corrected chi connectivity index (χ2v) is 10.2. The van der Waals surface area contributed by atoms with Crippen LogP contribution in [0.4, 0.5) is 5.69 Å². The Morgan fingerprint density at radius 1 is 1.09 bits per heavy atom. The third kappa shape index (κ3) is 3.62. The molecule has 2 aromatic rings. The second-order valence-electron chi connectivity index (χ2n) is 10.2. The van der Waals surface area contributed by atoms with E-state index in [0.717, 1.165) is 87.0 Å². The Balaban J connectivity index is 1.39. The Labute approximate surface area is 190 Å². The summed E-state index contributed by atoms with van der Waals surface area (Å²) in [6, 6.07) is 5.05. The number of ether oxygens (including phenoxy) is 1. The van der Waals surface area contributed by atoms with Gasteiger partial charge in [0.2, 0.25) is 5.91 Å². The summed E-state index contributed by atoms with van der Waals surface area (Å²) in [6.07, 6.45) is 14.2. The van der Waals surface area contributed by atoms with E-state index in [-0.39, 0.29) is 12.0 Å². The SMILES string of the molecule is CC1CCc2c(ccc(-c3cnn(C4CCNCC4)c3)c2OC2CCC2)N1C(=O)C1CC1. The Kier molecular flexibility index (Phi) is 5.21. The molecule has 2 aliphatic heterocycles. The lowest BCUT2D eigenvalue weighted by atomic mass is 9.91. The molecule has 1 saturated heterocycles. The van der Waals surface area contributed by atoms with Gasteiger partial charge in [0.1, 0.15) is 5.75 Å². The van der Waals surface area contributed by atoms with E-state index >= 15 is 0 Å². The third-order valence-corrected chi connectivity index (χ3v) is 7.84. The van der Waals surface area contributed by atoms with Gasteiger partial charge in [0.25, 0.3) is 0 Å². The highest BCUT2D eigenvalue weighted by Gasteiger charge is 2.39. The van der Waals surface area contributed by atoms with Crippen LogP contribution in [-0.2, 0) is 11.2 Å². The molecular formula is C26H34N4O2. The molecule has 32 heavy (non-hydrogen) atoms. The van der Waals surface area contributed by atoms with Crippen LogP contribution in [0.3, 0.4) is 0 Å². The molecule has 170 valence electrons. The van der Waals surface area contributed by atoms with Crippen LogP contribution in [0.2, 0.25) is 0 Å². The summed E-state index contributed by atoms with van der Waals surface area (Å²) in [4.78, 5) is 15.2. The monoisotopic (exact) mass is 434 g/mol. The van der Waals surface area contributed by atoms with Crippen LogP contribution in [0.25, 0.3) is 11.1 Å². The van der Waals surface area contributed by atoms with E-state index in [9.17, 15) is 4.79 Å². The first-order valence-corrected chi connectivity index (χ1v) is 12.6. The zero-order valence-electron chi connectivity index (χ0n) is 19.1. The van der Waals surface area contributed by atoms with Crippen molar-refractivity contribution in [3.8, 4) is 16.9 Å². The molecule has 2 aliphatic carbocycles. The van der Waals surface area contributed by atoms with E-state index < -0.39 is 0 Å². The van der Waals surface area contributed by atoms with Crippen LogP contribution in [0, 0.1) is 5.92 Å². The maximum absolute atomic E-state index is 13.1. The average Bonchev–Trinajstić information content (AvgIpc) is 3.53. The molecule has 0 radical (unpaired) electrons. The van der Waals surface area contributed by atoms with Crippen LogP contribution in [-0.4, -0.2) is 40.9 Å². The lowest BCUT2D eigenvalue weighted by Gasteiger charge is -2.38. The van der Waals surface area contributed by atoms with Gasteiger partial charge in [0, 0.05) is 34.8 Å². The number of hydrogen-bond donors (Lipinski definition) is 1. The molecule has 2 saturated carbocycles. The van der Waals surface area contributed by atoms with Gasteiger partial charge < -0.3 is 15.0 Å². The number of nitrogens with zero attached hydrogens (tertiary/aromatic N) is 3. The summed E-state index contributed by atoms with van der Waals surface area (Å²) in [5.74, 6) is 1.53. The molecule has 3 fully saturated rings. The highest BCUT2D eigenvalue weighted by molar-refractivity contribution is 5.99. The van der Waals surface area contributed by atoms with Gasteiger partial charge in [-0.1, -0.05) is 0 Å². The van der Waals surface area contributed by atoms with Crippen LogP contribution < -0.4 is 15.0 Å². The first-order chi connectivity index (χ1) is 15.7. The largest absolute Gasteiger partial charge is 0.489 e. The quantitative estimate of drug-likeness (QED) is 0.754. The van der Waals surface area contributed by atoms with Crippen molar-refractivity contribution in [2.45, 2.75) is 82.9 Å². The number of carbonyl (C=O) groups is 1. The second kappa shape index (κ2) is 8.22. The minimum absolute atomic E-state index is 0.224. The lowest BCUT2D eigenvalue weighted by molar-refractivity contribution is -0.120. The summed E-state index contributed by atoms with van der Waals surface area (Å²) >= 11 is 0. The van der Waals surface area contributed by atoms with Crippen molar-refractivity contribution in [1.82, 2.24) is 15.1 Å². The molecule has 1 aromatic carbocycles. The number of hydrogen-bond acceptors (Lipinski definition) is 4. The Morgan fingerprint density at radius 2 is 1.91 bits per heavy atom. The normalized spacial score (nSPS) is 24.2. The van der Waals surface area contributed by atoms with Gasteiger partial charge in [-0.2, -0.15) is 5.10 Å². The zero-order chi connectivity index (χ0) is 21.7. The van der Waals surface area contributed by atoms with Gasteiger partial charge in [-0.25, -0.2) is 0 Å². The molecule has 4 aliphatic rings. The fourth-order valence-electron chi connectivity index (χ4n) is 5.43. The smallest absolute Gasteiger partial charge is 0.230 e. The van der Waals surface area contributed by atoms with E-state index in [4.69, 9.17) is 9.84 Å². The molecule has 1 N–H and O–H groups in total. The summed E-state index contributed by atoms with van der Waals surface area (Å²) < 4.78 is 8.79. The van der Waals surface area contributed by atoms with Gasteiger partial charge in [0.15, 0.2) is 0 Å². The van der Waals surface area contributed by atoms with E-state index in [1.54, 1.807) is 0 Å². The van der Waals surface area contributed by atoms with E-state index in [1.165, 1.54) is 12.0 Å². The van der Waals surface area contributed by atoms with Gasteiger partial charge in [-0.15, -0.1) is 0 Å². The Morgan fingerprint density at radius 3 is 2.62 bits per heavy atom. The number of aromatic nitrogens is 2. The first-order valence-electron chi connectivity index (χ1n) is 12.6. The van der Waals surface area contributed by atoms with Gasteiger partial charge in [-0.3, -0.25) is 9.48 Å². The van der Waals surface area contributed by atoms with Crippen molar-refractivity contribution in [3.63, 3.8) is 0 Å². The van der Waals surface area contributed by atoms with Crippen molar-refractivity contribution < 1.29 is 9.53 Å². The van der Waals surface area contributed by atoms with Crippen LogP contribution in [0.15, 0.2) is 24.5 Å². The number of benzene rings is 1. The number of fused-ring (bicyclic) bond motifs is 1. The molecule has 3 heterocycles. The maximum Gasteiger partial charge on any atom is 0.230 e. The Hall–Kier alpha value is -2.34. The van der Waals surface area contributed by atoms with Crippen LogP contribution in [0.5, 0.6) is 5.75 Å². The van der Waals surface area contributed by atoms with Gasteiger partial charge in [-0.05, 0) is 89.9 Å². The summed E-state index contributed by atoms with van der Waals surface area (Å²) in [7, 11) is 0.